The summed E-state index contributed by atoms with van der Waals surface area (Å²) >= 11 is 0. The van der Waals surface area contributed by atoms with E-state index in [0.29, 0.717) is 12.5 Å². The van der Waals surface area contributed by atoms with Crippen molar-refractivity contribution in [1.82, 2.24) is 0 Å². The Morgan fingerprint density at radius 2 is 1.73 bits per heavy atom. The van der Waals surface area contributed by atoms with Gasteiger partial charge >= 0.3 is 0 Å². The lowest BCUT2D eigenvalue weighted by molar-refractivity contribution is 0.0207. The fraction of sp³-hybridized carbons (Fsp3) is 0.400. The van der Waals surface area contributed by atoms with E-state index >= 15 is 0 Å². The average Bonchev–Trinajstić information content (AvgIpc) is 2.46. The number of rotatable bonds is 3. The van der Waals surface area contributed by atoms with Gasteiger partial charge in [0.2, 0.25) is 0 Å². The minimum Gasteiger partial charge on any atom is -0.485 e. The smallest absolute Gasteiger partial charge is 0.164 e. The molecule has 0 amide bonds. The van der Waals surface area contributed by atoms with Gasteiger partial charge in [-0.05, 0) is 37.0 Å². The zero-order valence-electron chi connectivity index (χ0n) is 13.8. The van der Waals surface area contributed by atoms with Crippen LogP contribution in [-0.4, -0.2) is 12.2 Å². The summed E-state index contributed by atoms with van der Waals surface area (Å²) in [7, 11) is 0. The van der Waals surface area contributed by atoms with E-state index in [0.717, 1.165) is 17.9 Å². The van der Waals surface area contributed by atoms with Gasteiger partial charge in [0.25, 0.3) is 0 Å². The molecular formula is C20H24O2. The van der Waals surface area contributed by atoms with Crippen LogP contribution in [0.25, 0.3) is 0 Å². The van der Waals surface area contributed by atoms with Crippen LogP contribution in [0.2, 0.25) is 0 Å². The predicted molar refractivity (Wildman–Crippen MR) is 90.0 cm³/mol. The monoisotopic (exact) mass is 296 g/mol. The highest BCUT2D eigenvalue weighted by atomic mass is 16.6. The summed E-state index contributed by atoms with van der Waals surface area (Å²) in [6.45, 7) is 9.17. The Morgan fingerprint density at radius 1 is 1.00 bits per heavy atom. The first kappa shape index (κ1) is 15.0. The second-order valence-electron chi connectivity index (χ2n) is 6.93. The first-order valence-electron chi connectivity index (χ1n) is 7.98. The van der Waals surface area contributed by atoms with E-state index in [4.69, 9.17) is 9.47 Å². The molecule has 0 saturated heterocycles. The fourth-order valence-electron chi connectivity index (χ4n) is 2.98. The Kier molecular flexibility index (Phi) is 3.86. The van der Waals surface area contributed by atoms with Crippen LogP contribution >= 0.6 is 0 Å². The lowest BCUT2D eigenvalue weighted by Crippen LogP contribution is -2.39. The predicted octanol–water partition coefficient (Wildman–Crippen LogP) is 4.95. The highest BCUT2D eigenvalue weighted by Crippen LogP contribution is 2.39. The van der Waals surface area contributed by atoms with Gasteiger partial charge in [0.15, 0.2) is 11.5 Å². The minimum absolute atomic E-state index is 0.262. The molecule has 2 aromatic rings. The third kappa shape index (κ3) is 2.96. The first-order valence-corrected chi connectivity index (χ1v) is 7.98. The molecule has 22 heavy (non-hydrogen) atoms. The molecule has 0 spiro atoms. The summed E-state index contributed by atoms with van der Waals surface area (Å²) in [6.07, 6.45) is 0.876. The average molecular weight is 296 g/mol. The largest absolute Gasteiger partial charge is 0.485 e. The van der Waals surface area contributed by atoms with Crippen molar-refractivity contribution < 1.29 is 9.47 Å². The summed E-state index contributed by atoms with van der Waals surface area (Å²) < 4.78 is 12.1. The van der Waals surface area contributed by atoms with Crippen LogP contribution in [0.4, 0.5) is 0 Å². The quantitative estimate of drug-likeness (QED) is 0.797. The Morgan fingerprint density at radius 3 is 2.50 bits per heavy atom. The highest BCUT2D eigenvalue weighted by Gasteiger charge is 2.29. The van der Waals surface area contributed by atoms with E-state index in [1.165, 1.54) is 16.7 Å². The Hall–Kier alpha value is -1.96. The van der Waals surface area contributed by atoms with Crippen LogP contribution in [0.1, 0.15) is 50.3 Å². The molecule has 2 aromatic carbocycles. The maximum atomic E-state index is 6.05. The van der Waals surface area contributed by atoms with Crippen molar-refractivity contribution >= 4 is 0 Å². The number of hydrogen-bond acceptors (Lipinski definition) is 2. The summed E-state index contributed by atoms with van der Waals surface area (Å²) in [4.78, 5) is 0. The number of hydrogen-bond donors (Lipinski definition) is 0. The van der Waals surface area contributed by atoms with E-state index in [9.17, 15) is 0 Å². The van der Waals surface area contributed by atoms with Gasteiger partial charge in [-0.2, -0.15) is 0 Å². The van der Waals surface area contributed by atoms with E-state index in [-0.39, 0.29) is 5.60 Å². The van der Waals surface area contributed by atoms with Crippen molar-refractivity contribution in [2.75, 3.05) is 6.61 Å². The van der Waals surface area contributed by atoms with Gasteiger partial charge in [0, 0.05) is 12.0 Å². The molecule has 0 fully saturated rings. The van der Waals surface area contributed by atoms with Crippen LogP contribution in [-0.2, 0) is 6.42 Å². The lowest BCUT2D eigenvalue weighted by atomic mass is 9.92. The van der Waals surface area contributed by atoms with Crippen molar-refractivity contribution in [3.05, 3.63) is 59.2 Å². The van der Waals surface area contributed by atoms with E-state index < -0.39 is 0 Å². The van der Waals surface area contributed by atoms with Crippen LogP contribution in [0.15, 0.2) is 42.5 Å². The van der Waals surface area contributed by atoms with Crippen molar-refractivity contribution in [1.29, 1.82) is 0 Å². The molecule has 2 nitrogen and oxygen atoms in total. The molecule has 0 aliphatic carbocycles. The molecule has 1 aliphatic heterocycles. The maximum absolute atomic E-state index is 6.05. The minimum atomic E-state index is -0.262. The van der Waals surface area contributed by atoms with E-state index in [2.05, 4.69) is 64.1 Å². The van der Waals surface area contributed by atoms with Gasteiger partial charge in [-0.15, -0.1) is 0 Å². The second-order valence-corrected chi connectivity index (χ2v) is 6.93. The standard InChI is InChI=1S/C20H24O2/c1-14(2)17-10-6-5-8-15(17)12-16-9-7-11-18-19(16)21-13-20(3,4)22-18/h5-11,14H,12-13H2,1-4H3. The van der Waals surface area contributed by atoms with Crippen molar-refractivity contribution in [3.8, 4) is 11.5 Å². The molecule has 0 radical (unpaired) electrons. The van der Waals surface area contributed by atoms with Gasteiger partial charge in [0.1, 0.15) is 12.2 Å². The summed E-state index contributed by atoms with van der Waals surface area (Å²) in [5, 5.41) is 0. The van der Waals surface area contributed by atoms with E-state index in [1.54, 1.807) is 0 Å². The SMILES string of the molecule is CC(C)c1ccccc1Cc1cccc2c1OCC(C)(C)O2. The fourth-order valence-corrected chi connectivity index (χ4v) is 2.98. The van der Waals surface area contributed by atoms with Gasteiger partial charge in [-0.25, -0.2) is 0 Å². The van der Waals surface area contributed by atoms with Gasteiger partial charge < -0.3 is 9.47 Å². The molecule has 0 saturated carbocycles. The molecule has 2 heteroatoms. The molecular weight excluding hydrogens is 272 g/mol. The number of fused-ring (bicyclic) bond motifs is 1. The molecule has 116 valence electrons. The molecule has 1 heterocycles. The topological polar surface area (TPSA) is 18.5 Å². The van der Waals surface area contributed by atoms with Crippen LogP contribution in [0.3, 0.4) is 0 Å². The van der Waals surface area contributed by atoms with Gasteiger partial charge in [0.05, 0.1) is 0 Å². The Labute approximate surface area is 133 Å². The molecule has 3 rings (SSSR count). The zero-order chi connectivity index (χ0) is 15.7. The third-order valence-corrected chi connectivity index (χ3v) is 4.07. The van der Waals surface area contributed by atoms with Gasteiger partial charge in [-0.3, -0.25) is 0 Å². The molecule has 0 bridgehead atoms. The maximum Gasteiger partial charge on any atom is 0.164 e. The molecule has 1 aliphatic rings. The first-order chi connectivity index (χ1) is 10.5. The summed E-state index contributed by atoms with van der Waals surface area (Å²) in [5.41, 5.74) is 3.69. The van der Waals surface area contributed by atoms with Crippen LogP contribution in [0, 0.1) is 0 Å². The molecule has 0 N–H and O–H groups in total. The van der Waals surface area contributed by atoms with E-state index in [1.807, 2.05) is 6.07 Å². The zero-order valence-corrected chi connectivity index (χ0v) is 13.8. The molecule has 0 unspecified atom stereocenters. The third-order valence-electron chi connectivity index (χ3n) is 4.07. The Bertz CT molecular complexity index is 671. The van der Waals surface area contributed by atoms with Crippen LogP contribution < -0.4 is 9.47 Å². The van der Waals surface area contributed by atoms with Gasteiger partial charge in [-0.1, -0.05) is 50.2 Å². The van der Waals surface area contributed by atoms with Crippen molar-refractivity contribution in [2.45, 2.75) is 45.6 Å². The normalized spacial score (nSPS) is 15.9. The number of ether oxygens (including phenoxy) is 2. The Balaban J connectivity index is 1.95. The lowest BCUT2D eigenvalue weighted by Gasteiger charge is -2.33. The van der Waals surface area contributed by atoms with Crippen molar-refractivity contribution in [2.24, 2.45) is 0 Å². The van der Waals surface area contributed by atoms with Crippen molar-refractivity contribution in [3.63, 3.8) is 0 Å². The highest BCUT2D eigenvalue weighted by molar-refractivity contribution is 5.50. The summed E-state index contributed by atoms with van der Waals surface area (Å²) in [5.74, 6) is 2.28. The number of benzene rings is 2. The summed E-state index contributed by atoms with van der Waals surface area (Å²) in [6, 6.07) is 14.8. The second kappa shape index (κ2) is 5.68. The number of para-hydroxylation sites is 1. The molecule has 0 atom stereocenters. The van der Waals surface area contributed by atoms with Crippen LogP contribution in [0.5, 0.6) is 11.5 Å². The molecule has 0 aromatic heterocycles.